The van der Waals surface area contributed by atoms with Crippen LogP contribution in [-0.4, -0.2) is 18.8 Å². The Morgan fingerprint density at radius 1 is 1.06 bits per heavy atom. The van der Waals surface area contributed by atoms with Gasteiger partial charge < -0.3 is 9.47 Å². The summed E-state index contributed by atoms with van der Waals surface area (Å²) < 4.78 is 86.8. The van der Waals surface area contributed by atoms with E-state index in [0.717, 1.165) is 36.8 Å². The van der Waals surface area contributed by atoms with Crippen molar-refractivity contribution in [1.82, 2.24) is 0 Å². The molecule has 0 aromatic heterocycles. The van der Waals surface area contributed by atoms with Crippen molar-refractivity contribution in [1.29, 1.82) is 0 Å². The van der Waals surface area contributed by atoms with Gasteiger partial charge in [0.2, 0.25) is 0 Å². The highest BCUT2D eigenvalue weighted by atomic mass is 35.5. The maximum Gasteiger partial charge on any atom is 0.422 e. The lowest BCUT2D eigenvalue weighted by atomic mass is 9.67. The Balaban J connectivity index is 1.99. The molecule has 0 saturated heterocycles. The zero-order valence-electron chi connectivity index (χ0n) is 16.9. The Morgan fingerprint density at radius 3 is 2.16 bits per heavy atom. The lowest BCUT2D eigenvalue weighted by Gasteiger charge is -2.38. The maximum atomic E-state index is 12.9. The van der Waals surface area contributed by atoms with E-state index in [9.17, 15) is 31.1 Å². The van der Waals surface area contributed by atoms with Crippen molar-refractivity contribution >= 4 is 17.6 Å². The largest absolute Gasteiger partial charge is 0.482 e. The molecule has 32 heavy (non-hydrogen) atoms. The number of carbonyl (C=O) groups is 1. The van der Waals surface area contributed by atoms with Crippen molar-refractivity contribution < 1.29 is 40.6 Å². The lowest BCUT2D eigenvalue weighted by molar-refractivity contribution is -0.154. The molecule has 0 unspecified atom stereocenters. The number of rotatable bonds is 6. The molecule has 0 bridgehead atoms. The van der Waals surface area contributed by atoms with E-state index in [1.54, 1.807) is 0 Å². The van der Waals surface area contributed by atoms with E-state index in [2.05, 4.69) is 0 Å². The number of carbonyl (C=O) groups excluding carboxylic acids is 1. The fourth-order valence-corrected chi connectivity index (χ4v) is 3.74. The second-order valence-electron chi connectivity index (χ2n) is 7.64. The summed E-state index contributed by atoms with van der Waals surface area (Å²) in [6, 6.07) is 6.26. The Labute approximate surface area is 185 Å². The second-order valence-corrected chi connectivity index (χ2v) is 8.02. The molecule has 0 aliphatic heterocycles. The van der Waals surface area contributed by atoms with E-state index in [4.69, 9.17) is 21.1 Å². The molecule has 0 N–H and O–H groups in total. The van der Waals surface area contributed by atoms with Crippen LogP contribution < -0.4 is 9.47 Å². The normalized spacial score (nSPS) is 15.8. The molecule has 0 spiro atoms. The van der Waals surface area contributed by atoms with Gasteiger partial charge in [-0.05, 0) is 43.0 Å². The van der Waals surface area contributed by atoms with Gasteiger partial charge in [-0.1, -0.05) is 37.1 Å². The molecule has 3 nitrogen and oxygen atoms in total. The number of benzene rings is 2. The fraction of sp³-hybridized carbons (Fsp3) is 0.409. The van der Waals surface area contributed by atoms with Crippen LogP contribution >= 0.6 is 11.6 Å². The summed E-state index contributed by atoms with van der Waals surface area (Å²) in [6.45, 7) is 0.198. The minimum atomic E-state index is -4.65. The Morgan fingerprint density at radius 2 is 1.69 bits per heavy atom. The monoisotopic (exact) mass is 480 g/mol. The van der Waals surface area contributed by atoms with Crippen LogP contribution in [0.15, 0.2) is 36.4 Å². The first-order chi connectivity index (χ1) is 14.8. The molecule has 1 fully saturated rings. The van der Waals surface area contributed by atoms with Crippen LogP contribution in [0.1, 0.15) is 38.2 Å². The third kappa shape index (κ3) is 5.31. The van der Waals surface area contributed by atoms with Gasteiger partial charge in [0.05, 0.1) is 16.0 Å². The van der Waals surface area contributed by atoms with Crippen LogP contribution in [0.4, 0.5) is 26.3 Å². The van der Waals surface area contributed by atoms with Crippen molar-refractivity contribution in [2.24, 2.45) is 5.41 Å². The Bertz CT molecular complexity index is 973. The third-order valence-corrected chi connectivity index (χ3v) is 5.95. The zero-order valence-corrected chi connectivity index (χ0v) is 17.6. The topological polar surface area (TPSA) is 35.5 Å². The van der Waals surface area contributed by atoms with E-state index >= 15 is 0 Å². The lowest BCUT2D eigenvalue weighted by Crippen LogP contribution is -2.40. The van der Waals surface area contributed by atoms with Crippen LogP contribution in [0.25, 0.3) is 11.1 Å². The molecule has 0 amide bonds. The highest BCUT2D eigenvalue weighted by molar-refractivity contribution is 6.35. The molecule has 174 valence electrons. The van der Waals surface area contributed by atoms with Gasteiger partial charge in [0.15, 0.2) is 6.61 Å². The van der Waals surface area contributed by atoms with Gasteiger partial charge in [0, 0.05) is 11.6 Å². The minimum Gasteiger partial charge on any atom is -0.482 e. The maximum absolute atomic E-state index is 12.9. The predicted molar refractivity (Wildman–Crippen MR) is 106 cm³/mol. The number of ether oxygens (including phenoxy) is 2. The SMILES string of the molecule is CCC1(C(=O)Oc2cc(OCC(F)(F)F)c(Cl)c(-c3ccc(C(F)(F)F)cc3)c2)CCC1. The quantitative estimate of drug-likeness (QED) is 0.245. The molecular weight excluding hydrogens is 462 g/mol. The average Bonchev–Trinajstić information content (AvgIpc) is 2.66. The number of hydrogen-bond donors (Lipinski definition) is 0. The molecule has 0 radical (unpaired) electrons. The van der Waals surface area contributed by atoms with Crippen molar-refractivity contribution in [3.8, 4) is 22.6 Å². The molecule has 3 rings (SSSR count). The molecule has 0 heterocycles. The van der Waals surface area contributed by atoms with Crippen molar-refractivity contribution in [2.75, 3.05) is 6.61 Å². The molecular formula is C22H19ClF6O3. The number of halogens is 7. The van der Waals surface area contributed by atoms with Crippen molar-refractivity contribution in [3.63, 3.8) is 0 Å². The van der Waals surface area contributed by atoms with E-state index in [1.165, 1.54) is 6.07 Å². The van der Waals surface area contributed by atoms with Gasteiger partial charge in [0.1, 0.15) is 11.5 Å². The number of alkyl halides is 6. The summed E-state index contributed by atoms with van der Waals surface area (Å²) in [5, 5.41) is -0.248. The van der Waals surface area contributed by atoms with Gasteiger partial charge >= 0.3 is 18.3 Å². The predicted octanol–water partition coefficient (Wildman–Crippen LogP) is 7.45. The van der Waals surface area contributed by atoms with Crippen LogP contribution in [0, 0.1) is 5.41 Å². The highest BCUT2D eigenvalue weighted by Gasteiger charge is 2.44. The first kappa shape index (κ1) is 24.2. The van der Waals surface area contributed by atoms with Gasteiger partial charge in [0.25, 0.3) is 0 Å². The molecule has 10 heteroatoms. The Hall–Kier alpha value is -2.42. The van der Waals surface area contributed by atoms with Crippen LogP contribution in [0.3, 0.4) is 0 Å². The molecule has 1 aliphatic rings. The third-order valence-electron chi connectivity index (χ3n) is 5.56. The highest BCUT2D eigenvalue weighted by Crippen LogP contribution is 2.46. The van der Waals surface area contributed by atoms with Gasteiger partial charge in [-0.3, -0.25) is 4.79 Å². The van der Waals surface area contributed by atoms with E-state index in [-0.39, 0.29) is 21.9 Å². The van der Waals surface area contributed by atoms with E-state index < -0.39 is 41.7 Å². The number of hydrogen-bond acceptors (Lipinski definition) is 3. The first-order valence-corrected chi connectivity index (χ1v) is 10.2. The molecule has 1 aliphatic carbocycles. The van der Waals surface area contributed by atoms with E-state index in [1.807, 2.05) is 6.92 Å². The van der Waals surface area contributed by atoms with Gasteiger partial charge in [-0.2, -0.15) is 26.3 Å². The first-order valence-electron chi connectivity index (χ1n) is 9.78. The number of esters is 1. The standard InChI is InChI=1S/C22H19ClF6O3/c1-2-20(8-3-9-20)19(30)32-15-10-16(13-4-6-14(7-5-13)22(27,28)29)18(23)17(11-15)31-12-21(24,25)26/h4-7,10-11H,2-3,8-9,12H2,1H3. The summed E-state index contributed by atoms with van der Waals surface area (Å²) in [6.07, 6.45) is -6.53. The van der Waals surface area contributed by atoms with Crippen molar-refractivity contribution in [3.05, 3.63) is 47.0 Å². The zero-order chi connectivity index (χ0) is 23.7. The van der Waals surface area contributed by atoms with Crippen LogP contribution in [0.2, 0.25) is 5.02 Å². The van der Waals surface area contributed by atoms with Crippen molar-refractivity contribution in [2.45, 2.75) is 45.0 Å². The summed E-state index contributed by atoms with van der Waals surface area (Å²) >= 11 is 6.21. The summed E-state index contributed by atoms with van der Waals surface area (Å²) in [5.41, 5.74) is -1.29. The average molecular weight is 481 g/mol. The molecule has 0 atom stereocenters. The van der Waals surface area contributed by atoms with E-state index in [0.29, 0.717) is 19.3 Å². The second kappa shape index (κ2) is 8.84. The van der Waals surface area contributed by atoms with Crippen LogP contribution in [-0.2, 0) is 11.0 Å². The smallest absolute Gasteiger partial charge is 0.422 e. The molecule has 2 aromatic carbocycles. The van der Waals surface area contributed by atoms with Gasteiger partial charge in [-0.15, -0.1) is 0 Å². The summed E-state index contributed by atoms with van der Waals surface area (Å²) in [4.78, 5) is 12.7. The van der Waals surface area contributed by atoms with Gasteiger partial charge in [-0.25, -0.2) is 0 Å². The molecule has 1 saturated carbocycles. The molecule has 2 aromatic rings. The van der Waals surface area contributed by atoms with Crippen LogP contribution in [0.5, 0.6) is 11.5 Å². The summed E-state index contributed by atoms with van der Waals surface area (Å²) in [5.74, 6) is -1.02. The minimum absolute atomic E-state index is 0.0713. The summed E-state index contributed by atoms with van der Waals surface area (Å²) in [7, 11) is 0. The fourth-order valence-electron chi connectivity index (χ4n) is 3.47. The Kier molecular flexibility index (Phi) is 6.70.